The van der Waals surface area contributed by atoms with Crippen LogP contribution in [-0.2, 0) is 6.54 Å². The van der Waals surface area contributed by atoms with E-state index in [0.29, 0.717) is 47.8 Å². The van der Waals surface area contributed by atoms with E-state index in [1.165, 1.54) is 31.7 Å². The topological polar surface area (TPSA) is 78.7 Å². The number of rotatable bonds is 6. The zero-order valence-electron chi connectivity index (χ0n) is 23.7. The fourth-order valence-corrected chi connectivity index (χ4v) is 7.99. The summed E-state index contributed by atoms with van der Waals surface area (Å²) in [4.78, 5) is 15.0. The number of aromatic nitrogens is 3. The molecule has 0 amide bonds. The van der Waals surface area contributed by atoms with Crippen LogP contribution in [0.2, 0.25) is 0 Å². The highest BCUT2D eigenvalue weighted by Crippen LogP contribution is 2.40. The minimum Gasteiger partial charge on any atom is -0.508 e. The molecule has 0 radical (unpaired) electrons. The van der Waals surface area contributed by atoms with E-state index < -0.39 is 5.82 Å². The van der Waals surface area contributed by atoms with E-state index in [1.54, 1.807) is 18.2 Å². The van der Waals surface area contributed by atoms with Gasteiger partial charge < -0.3 is 24.6 Å². The molecule has 9 heteroatoms. The Morgan fingerprint density at radius 1 is 1.10 bits per heavy atom. The second-order valence-corrected chi connectivity index (χ2v) is 12.5. The molecular weight excluding hydrogens is 531 g/mol. The third kappa shape index (κ3) is 4.19. The normalized spacial score (nSPS) is 23.1. The van der Waals surface area contributed by atoms with Gasteiger partial charge in [0.25, 0.3) is 0 Å². The van der Waals surface area contributed by atoms with Gasteiger partial charge in [-0.15, -0.1) is 6.42 Å². The number of aromatic hydroxyl groups is 1. The van der Waals surface area contributed by atoms with Crippen LogP contribution in [0.1, 0.15) is 49.7 Å². The quantitative estimate of drug-likeness (QED) is 0.335. The van der Waals surface area contributed by atoms with Gasteiger partial charge in [-0.1, -0.05) is 12.0 Å². The lowest BCUT2D eigenvalue weighted by molar-refractivity contribution is 0.112. The molecule has 0 saturated carbocycles. The minimum absolute atomic E-state index is 0.102. The van der Waals surface area contributed by atoms with Gasteiger partial charge in [0.1, 0.15) is 23.8 Å². The predicted octanol–water partition coefficient (Wildman–Crippen LogP) is 4.41. The molecule has 2 aromatic heterocycles. The number of piperazine rings is 1. The van der Waals surface area contributed by atoms with Gasteiger partial charge in [0, 0.05) is 43.3 Å². The zero-order chi connectivity index (χ0) is 28.4. The molecular formula is C33H35FN6O2. The van der Waals surface area contributed by atoms with E-state index in [-0.39, 0.29) is 16.9 Å². The Morgan fingerprint density at radius 2 is 1.88 bits per heavy atom. The molecule has 4 saturated heterocycles. The van der Waals surface area contributed by atoms with Crippen molar-refractivity contribution in [3.05, 3.63) is 53.5 Å². The van der Waals surface area contributed by atoms with Gasteiger partial charge in [0.05, 0.1) is 16.5 Å². The SMILES string of the molecule is C#Cc1c(F)ccc2cc(O)cc(Cn3ccc4c(OCC56CCCN5CCC6)nc(N5CC6CCC(C5)N6)nc43)c12. The molecule has 0 spiro atoms. The van der Waals surface area contributed by atoms with E-state index in [4.69, 9.17) is 21.1 Å². The Balaban J connectivity index is 1.21. The molecule has 4 aliphatic heterocycles. The van der Waals surface area contributed by atoms with Crippen LogP contribution in [-0.4, -0.2) is 75.0 Å². The van der Waals surface area contributed by atoms with Crippen molar-refractivity contribution in [1.29, 1.82) is 0 Å². The van der Waals surface area contributed by atoms with Crippen LogP contribution in [0.25, 0.3) is 21.8 Å². The summed E-state index contributed by atoms with van der Waals surface area (Å²) in [7, 11) is 0. The molecule has 216 valence electrons. The maximum absolute atomic E-state index is 14.8. The van der Waals surface area contributed by atoms with Gasteiger partial charge in [-0.05, 0) is 86.8 Å². The van der Waals surface area contributed by atoms with E-state index in [1.807, 2.05) is 16.8 Å². The number of hydrogen-bond acceptors (Lipinski definition) is 7. The van der Waals surface area contributed by atoms with Crippen molar-refractivity contribution in [3.63, 3.8) is 0 Å². The summed E-state index contributed by atoms with van der Waals surface area (Å²) >= 11 is 0. The summed E-state index contributed by atoms with van der Waals surface area (Å²) in [5.74, 6) is 3.48. The Bertz CT molecular complexity index is 1720. The number of nitrogens with one attached hydrogen (secondary N) is 1. The number of hydrogen-bond donors (Lipinski definition) is 2. The van der Waals surface area contributed by atoms with Crippen LogP contribution >= 0.6 is 0 Å². The molecule has 2 bridgehead atoms. The molecule has 2 N–H and O–H groups in total. The van der Waals surface area contributed by atoms with Crippen LogP contribution in [0.3, 0.4) is 0 Å². The van der Waals surface area contributed by atoms with E-state index in [2.05, 4.69) is 21.0 Å². The first kappa shape index (κ1) is 25.8. The summed E-state index contributed by atoms with van der Waals surface area (Å²) in [6.45, 7) is 4.99. The number of halogens is 1. The second-order valence-electron chi connectivity index (χ2n) is 12.5. The van der Waals surface area contributed by atoms with Gasteiger partial charge in [0.2, 0.25) is 11.8 Å². The molecule has 6 heterocycles. The smallest absolute Gasteiger partial charge is 0.230 e. The summed E-state index contributed by atoms with van der Waals surface area (Å²) in [5.41, 5.74) is 1.78. The lowest BCUT2D eigenvalue weighted by atomic mass is 9.95. The summed E-state index contributed by atoms with van der Waals surface area (Å²) in [5, 5.41) is 16.4. The summed E-state index contributed by atoms with van der Waals surface area (Å²) < 4.78 is 23.4. The molecule has 8 rings (SSSR count). The van der Waals surface area contributed by atoms with Gasteiger partial charge >= 0.3 is 0 Å². The average molecular weight is 567 g/mol. The average Bonchev–Trinajstić information content (AvgIpc) is 3.75. The largest absolute Gasteiger partial charge is 0.508 e. The number of anilines is 1. The van der Waals surface area contributed by atoms with Crippen molar-refractivity contribution < 1.29 is 14.2 Å². The van der Waals surface area contributed by atoms with Gasteiger partial charge in [-0.25, -0.2) is 4.39 Å². The number of phenolic OH excluding ortho intramolecular Hbond substituents is 1. The lowest BCUT2D eigenvalue weighted by Gasteiger charge is -2.33. The minimum atomic E-state index is -0.449. The van der Waals surface area contributed by atoms with Crippen LogP contribution in [0.4, 0.5) is 10.3 Å². The van der Waals surface area contributed by atoms with Crippen LogP contribution in [0.15, 0.2) is 36.5 Å². The van der Waals surface area contributed by atoms with Gasteiger partial charge in [-0.2, -0.15) is 9.97 Å². The highest BCUT2D eigenvalue weighted by molar-refractivity contribution is 5.93. The molecule has 0 aliphatic carbocycles. The van der Waals surface area contributed by atoms with E-state index in [0.717, 1.165) is 55.6 Å². The molecule has 4 fully saturated rings. The number of terminal acetylenes is 1. The molecule has 2 atom stereocenters. The Hall–Kier alpha value is -3.87. The fourth-order valence-electron chi connectivity index (χ4n) is 7.99. The lowest BCUT2D eigenvalue weighted by Crippen LogP contribution is -2.51. The third-order valence-electron chi connectivity index (χ3n) is 9.98. The van der Waals surface area contributed by atoms with Crippen LogP contribution in [0.5, 0.6) is 11.6 Å². The predicted molar refractivity (Wildman–Crippen MR) is 161 cm³/mol. The zero-order valence-corrected chi connectivity index (χ0v) is 23.7. The van der Waals surface area contributed by atoms with Crippen LogP contribution < -0.4 is 15.0 Å². The Labute approximate surface area is 244 Å². The van der Waals surface area contributed by atoms with E-state index >= 15 is 0 Å². The molecule has 42 heavy (non-hydrogen) atoms. The summed E-state index contributed by atoms with van der Waals surface area (Å²) in [6.07, 6.45) is 14.8. The van der Waals surface area contributed by atoms with Gasteiger partial charge in [-0.3, -0.25) is 4.90 Å². The second kappa shape index (κ2) is 9.85. The molecule has 2 unspecified atom stereocenters. The number of nitrogens with zero attached hydrogens (tertiary/aromatic N) is 5. The summed E-state index contributed by atoms with van der Waals surface area (Å²) in [6, 6.07) is 9.18. The number of fused-ring (bicyclic) bond motifs is 5. The highest BCUT2D eigenvalue weighted by Gasteiger charge is 2.45. The van der Waals surface area contributed by atoms with Crippen molar-refractivity contribution in [2.75, 3.05) is 37.7 Å². The number of benzene rings is 2. The Kier molecular flexibility index (Phi) is 6.06. The first-order chi connectivity index (χ1) is 20.5. The van der Waals surface area contributed by atoms with E-state index in [9.17, 15) is 9.50 Å². The van der Waals surface area contributed by atoms with Gasteiger partial charge in [0.15, 0.2) is 0 Å². The monoisotopic (exact) mass is 566 g/mol. The fraction of sp³-hybridized carbons (Fsp3) is 0.455. The maximum Gasteiger partial charge on any atom is 0.230 e. The standard InChI is InChI=1S/C33H35FN6O2/c1-2-26-28(34)8-5-21-15-25(41)16-22(29(21)26)17-38-14-9-27-30(38)36-32(39-18-23-6-7-24(19-39)35-23)37-31(27)42-20-33-10-3-12-40(33)13-4-11-33/h1,5,8-9,14-16,23-24,35,41H,3-4,6-7,10-13,17-20H2. The van der Waals surface area contributed by atoms with Crippen molar-refractivity contribution in [1.82, 2.24) is 24.8 Å². The van der Waals surface area contributed by atoms with Crippen molar-refractivity contribution in [2.45, 2.75) is 62.7 Å². The number of phenols is 1. The molecule has 4 aromatic rings. The third-order valence-corrected chi connectivity index (χ3v) is 9.98. The van der Waals surface area contributed by atoms with Crippen molar-refractivity contribution >= 4 is 27.8 Å². The first-order valence-corrected chi connectivity index (χ1v) is 15.2. The molecule has 2 aromatic carbocycles. The van der Waals surface area contributed by atoms with Crippen molar-refractivity contribution in [2.24, 2.45) is 0 Å². The highest BCUT2D eigenvalue weighted by atomic mass is 19.1. The maximum atomic E-state index is 14.8. The molecule has 4 aliphatic rings. The van der Waals surface area contributed by atoms with Crippen molar-refractivity contribution in [3.8, 4) is 24.0 Å². The number of ether oxygens (including phenoxy) is 1. The first-order valence-electron chi connectivity index (χ1n) is 15.2. The Morgan fingerprint density at radius 3 is 2.64 bits per heavy atom. The molecule has 8 nitrogen and oxygen atoms in total. The van der Waals surface area contributed by atoms with Crippen LogP contribution in [0, 0.1) is 18.2 Å².